The van der Waals surface area contributed by atoms with Crippen molar-refractivity contribution in [3.05, 3.63) is 70.9 Å². The summed E-state index contributed by atoms with van der Waals surface area (Å²) in [5, 5.41) is 7.25. The van der Waals surface area contributed by atoms with Crippen LogP contribution >= 0.6 is 11.6 Å². The van der Waals surface area contributed by atoms with E-state index in [2.05, 4.69) is 34.4 Å². The van der Waals surface area contributed by atoms with Crippen LogP contribution in [-0.4, -0.2) is 16.0 Å². The number of rotatable bonds is 7. The van der Waals surface area contributed by atoms with Gasteiger partial charge in [-0.2, -0.15) is 4.98 Å². The van der Waals surface area contributed by atoms with Gasteiger partial charge < -0.3 is 15.4 Å². The molecule has 1 heterocycles. The molecule has 0 fully saturated rings. The van der Waals surface area contributed by atoms with E-state index in [1.54, 1.807) is 0 Å². The summed E-state index contributed by atoms with van der Waals surface area (Å²) in [4.78, 5) is 8.94. The normalized spacial score (nSPS) is 10.7. The van der Waals surface area contributed by atoms with Crippen molar-refractivity contribution >= 4 is 29.1 Å². The summed E-state index contributed by atoms with van der Waals surface area (Å²) < 4.78 is 5.81. The maximum absolute atomic E-state index is 5.89. The summed E-state index contributed by atoms with van der Waals surface area (Å²) in [5.41, 5.74) is 2.87. The molecule has 1 aromatic heterocycles. The van der Waals surface area contributed by atoms with Crippen molar-refractivity contribution in [3.63, 3.8) is 0 Å². The van der Waals surface area contributed by atoms with Gasteiger partial charge in [-0.15, -0.1) is 0 Å². The number of aryl methyl sites for hydroxylation is 1. The number of hydrogen-bond acceptors (Lipinski definition) is 5. The van der Waals surface area contributed by atoms with Crippen molar-refractivity contribution in [3.8, 4) is 5.75 Å². The minimum Gasteiger partial charge on any atom is -0.489 e. The maximum atomic E-state index is 5.89. The maximum Gasteiger partial charge on any atom is 0.229 e. The Morgan fingerprint density at radius 1 is 1.00 bits per heavy atom. The molecule has 0 aliphatic heterocycles. The van der Waals surface area contributed by atoms with Crippen molar-refractivity contribution in [1.29, 1.82) is 0 Å². The Morgan fingerprint density at radius 2 is 1.70 bits per heavy atom. The Morgan fingerprint density at radius 3 is 2.37 bits per heavy atom. The summed E-state index contributed by atoms with van der Waals surface area (Å²) in [6.45, 7) is 6.60. The van der Waals surface area contributed by atoms with E-state index in [1.807, 2.05) is 61.5 Å². The fourth-order valence-electron chi connectivity index (χ4n) is 2.51. The predicted octanol–water partition coefficient (Wildman–Crippen LogP) is 5.58. The standard InChI is InChI=1S/C21H23ClN4O/c1-14(2)23-20-12-15(3)24-21(26-20)25-18-8-10-19(11-9-18)27-13-16-4-6-17(22)7-5-16/h4-12,14H,13H2,1-3H3,(H2,23,24,25,26). The van der Waals surface area contributed by atoms with E-state index >= 15 is 0 Å². The van der Waals surface area contributed by atoms with Crippen LogP contribution in [0.15, 0.2) is 54.6 Å². The summed E-state index contributed by atoms with van der Waals surface area (Å²) in [6.07, 6.45) is 0. The van der Waals surface area contributed by atoms with Crippen molar-refractivity contribution in [1.82, 2.24) is 9.97 Å². The first kappa shape index (κ1) is 19.0. The Balaban J connectivity index is 1.62. The molecule has 2 N–H and O–H groups in total. The first-order valence-electron chi connectivity index (χ1n) is 8.84. The third-order valence-electron chi connectivity index (χ3n) is 3.72. The molecule has 6 heteroatoms. The molecule has 0 radical (unpaired) electrons. The SMILES string of the molecule is Cc1cc(NC(C)C)nc(Nc2ccc(OCc3ccc(Cl)cc3)cc2)n1. The highest BCUT2D eigenvalue weighted by Crippen LogP contribution is 2.21. The number of benzene rings is 2. The van der Waals surface area contributed by atoms with Gasteiger partial charge in [0.1, 0.15) is 18.2 Å². The molecule has 3 aromatic rings. The number of ether oxygens (including phenoxy) is 1. The lowest BCUT2D eigenvalue weighted by molar-refractivity contribution is 0.306. The highest BCUT2D eigenvalue weighted by molar-refractivity contribution is 6.30. The first-order valence-corrected chi connectivity index (χ1v) is 9.22. The van der Waals surface area contributed by atoms with Gasteiger partial charge in [0, 0.05) is 28.5 Å². The smallest absolute Gasteiger partial charge is 0.229 e. The van der Waals surface area contributed by atoms with Crippen LogP contribution in [0.25, 0.3) is 0 Å². The second-order valence-corrected chi connectivity index (χ2v) is 7.02. The summed E-state index contributed by atoms with van der Waals surface area (Å²) in [5.74, 6) is 2.17. The first-order chi connectivity index (χ1) is 13.0. The van der Waals surface area contributed by atoms with E-state index in [0.717, 1.165) is 33.5 Å². The zero-order valence-electron chi connectivity index (χ0n) is 15.7. The Bertz CT molecular complexity index is 880. The highest BCUT2D eigenvalue weighted by Gasteiger charge is 2.05. The average molecular weight is 383 g/mol. The molecule has 0 unspecified atom stereocenters. The van der Waals surface area contributed by atoms with E-state index in [-0.39, 0.29) is 0 Å². The fraction of sp³-hybridized carbons (Fsp3) is 0.238. The Labute approximate surface area is 164 Å². The van der Waals surface area contributed by atoms with Gasteiger partial charge in [0.05, 0.1) is 0 Å². The van der Waals surface area contributed by atoms with Gasteiger partial charge >= 0.3 is 0 Å². The number of hydrogen-bond donors (Lipinski definition) is 2. The van der Waals surface area contributed by atoms with Gasteiger partial charge in [0.15, 0.2) is 0 Å². The van der Waals surface area contributed by atoms with E-state index in [1.165, 1.54) is 0 Å². The molecule has 27 heavy (non-hydrogen) atoms. The van der Waals surface area contributed by atoms with Crippen molar-refractivity contribution in [2.45, 2.75) is 33.4 Å². The second-order valence-electron chi connectivity index (χ2n) is 6.58. The van der Waals surface area contributed by atoms with Gasteiger partial charge in [-0.1, -0.05) is 23.7 Å². The van der Waals surface area contributed by atoms with Crippen molar-refractivity contribution < 1.29 is 4.74 Å². The lowest BCUT2D eigenvalue weighted by atomic mass is 10.2. The molecular formula is C21H23ClN4O. The van der Waals surface area contributed by atoms with E-state index < -0.39 is 0 Å². The second kappa shape index (κ2) is 8.73. The molecule has 3 rings (SSSR count). The van der Waals surface area contributed by atoms with Crippen molar-refractivity contribution in [2.24, 2.45) is 0 Å². The van der Waals surface area contributed by atoms with Crippen LogP contribution in [0.2, 0.25) is 5.02 Å². The van der Waals surface area contributed by atoms with Gasteiger partial charge in [-0.05, 0) is 62.7 Å². The molecule has 0 aliphatic rings. The lowest BCUT2D eigenvalue weighted by Gasteiger charge is -2.12. The lowest BCUT2D eigenvalue weighted by Crippen LogP contribution is -2.12. The molecule has 0 bridgehead atoms. The van der Waals surface area contributed by atoms with E-state index in [4.69, 9.17) is 16.3 Å². The molecule has 0 spiro atoms. The summed E-state index contributed by atoms with van der Waals surface area (Å²) in [7, 11) is 0. The van der Waals surface area contributed by atoms with Crippen LogP contribution in [0.5, 0.6) is 5.75 Å². The van der Waals surface area contributed by atoms with Crippen LogP contribution in [0, 0.1) is 6.92 Å². The van der Waals surface area contributed by atoms with Crippen LogP contribution in [0.4, 0.5) is 17.5 Å². The largest absolute Gasteiger partial charge is 0.489 e. The zero-order chi connectivity index (χ0) is 19.2. The Hall–Kier alpha value is -2.79. The monoisotopic (exact) mass is 382 g/mol. The molecule has 0 saturated heterocycles. The average Bonchev–Trinajstić information content (AvgIpc) is 2.61. The van der Waals surface area contributed by atoms with Crippen LogP contribution in [0.3, 0.4) is 0 Å². The minimum atomic E-state index is 0.309. The van der Waals surface area contributed by atoms with Crippen LogP contribution in [-0.2, 0) is 6.61 Å². The number of anilines is 3. The minimum absolute atomic E-state index is 0.309. The highest BCUT2D eigenvalue weighted by atomic mass is 35.5. The molecule has 0 aliphatic carbocycles. The summed E-state index contributed by atoms with van der Waals surface area (Å²) in [6, 6.07) is 17.6. The van der Waals surface area contributed by atoms with Gasteiger partial charge in [0.2, 0.25) is 5.95 Å². The van der Waals surface area contributed by atoms with Gasteiger partial charge in [-0.25, -0.2) is 4.98 Å². The van der Waals surface area contributed by atoms with Gasteiger partial charge in [-0.3, -0.25) is 0 Å². The third-order valence-corrected chi connectivity index (χ3v) is 3.97. The number of nitrogens with one attached hydrogen (secondary N) is 2. The van der Waals surface area contributed by atoms with Crippen LogP contribution in [0.1, 0.15) is 25.1 Å². The molecule has 0 amide bonds. The predicted molar refractivity (Wildman–Crippen MR) is 111 cm³/mol. The third kappa shape index (κ3) is 5.86. The topological polar surface area (TPSA) is 59.1 Å². The molecule has 0 saturated carbocycles. The molecule has 2 aromatic carbocycles. The number of aromatic nitrogens is 2. The van der Waals surface area contributed by atoms with E-state index in [9.17, 15) is 0 Å². The van der Waals surface area contributed by atoms with E-state index in [0.29, 0.717) is 18.6 Å². The van der Waals surface area contributed by atoms with Crippen LogP contribution < -0.4 is 15.4 Å². The summed E-state index contributed by atoms with van der Waals surface area (Å²) >= 11 is 5.89. The quantitative estimate of drug-likeness (QED) is 0.558. The molecule has 140 valence electrons. The van der Waals surface area contributed by atoms with Crippen molar-refractivity contribution in [2.75, 3.05) is 10.6 Å². The fourth-order valence-corrected chi connectivity index (χ4v) is 2.63. The van der Waals surface area contributed by atoms with Gasteiger partial charge in [0.25, 0.3) is 0 Å². The Kier molecular flexibility index (Phi) is 6.14. The number of nitrogens with zero attached hydrogens (tertiary/aromatic N) is 2. The molecule has 5 nitrogen and oxygen atoms in total. The number of halogens is 1. The molecule has 0 atom stereocenters. The molecular weight excluding hydrogens is 360 g/mol. The zero-order valence-corrected chi connectivity index (χ0v) is 16.4.